The number of hydrogen-bond acceptors (Lipinski definition) is 3. The van der Waals surface area contributed by atoms with Gasteiger partial charge in [0.1, 0.15) is 0 Å². The highest BCUT2D eigenvalue weighted by molar-refractivity contribution is 6.22. The molecule has 190 valence electrons. The zero-order chi connectivity index (χ0) is 26.9. The first kappa shape index (κ1) is 24.8. The molecule has 1 aliphatic heterocycles. The highest BCUT2D eigenvalue weighted by Crippen LogP contribution is 2.36. The second-order valence-electron chi connectivity index (χ2n) is 12.0. The molecule has 2 amide bonds. The van der Waals surface area contributed by atoms with Crippen LogP contribution in [0.15, 0.2) is 60.7 Å². The standard InChI is InChI=1S/C31H32N2O4/c1-30(2,3)18-11-13-24-22(15-18)23-16-19(31(4,5)6)12-14-25(23)32(24)17-26(29(36)37)33-27(34)20-9-7-8-10-21(20)28(33)35/h7-16,26H,17H2,1-6H3,(H,36,37)/t26-/m1/s1. The Morgan fingerprint density at radius 1 is 0.757 bits per heavy atom. The molecule has 3 aromatic carbocycles. The van der Waals surface area contributed by atoms with E-state index in [0.29, 0.717) is 0 Å². The summed E-state index contributed by atoms with van der Waals surface area (Å²) >= 11 is 0. The first-order chi connectivity index (χ1) is 17.3. The lowest BCUT2D eigenvalue weighted by molar-refractivity contribution is -0.142. The van der Waals surface area contributed by atoms with E-state index in [9.17, 15) is 19.5 Å². The molecule has 37 heavy (non-hydrogen) atoms. The number of carboxylic acid groups (broad SMARTS) is 1. The Morgan fingerprint density at radius 3 is 1.57 bits per heavy atom. The van der Waals surface area contributed by atoms with Crippen LogP contribution in [0, 0.1) is 0 Å². The van der Waals surface area contributed by atoms with E-state index < -0.39 is 23.8 Å². The van der Waals surface area contributed by atoms with Crippen molar-refractivity contribution < 1.29 is 19.5 Å². The molecule has 0 saturated heterocycles. The molecular formula is C31H32N2O4. The zero-order valence-corrected chi connectivity index (χ0v) is 22.1. The minimum absolute atomic E-state index is 0.0511. The lowest BCUT2D eigenvalue weighted by Gasteiger charge is -2.24. The van der Waals surface area contributed by atoms with Gasteiger partial charge in [-0.25, -0.2) is 4.79 Å². The molecule has 1 atom stereocenters. The highest BCUT2D eigenvalue weighted by Gasteiger charge is 2.43. The lowest BCUT2D eigenvalue weighted by atomic mass is 9.85. The highest BCUT2D eigenvalue weighted by atomic mass is 16.4. The minimum Gasteiger partial charge on any atom is -0.480 e. The van der Waals surface area contributed by atoms with Gasteiger partial charge in [-0.2, -0.15) is 0 Å². The van der Waals surface area contributed by atoms with Gasteiger partial charge in [0.15, 0.2) is 6.04 Å². The molecule has 0 saturated carbocycles. The summed E-state index contributed by atoms with van der Waals surface area (Å²) in [5.41, 5.74) is 4.46. The Labute approximate surface area is 216 Å². The number of hydrogen-bond donors (Lipinski definition) is 1. The van der Waals surface area contributed by atoms with Crippen LogP contribution in [-0.2, 0) is 22.2 Å². The van der Waals surface area contributed by atoms with Crippen molar-refractivity contribution in [2.75, 3.05) is 0 Å². The summed E-state index contributed by atoms with van der Waals surface area (Å²) in [6.45, 7) is 12.9. The average Bonchev–Trinajstić information content (AvgIpc) is 3.27. The molecule has 0 spiro atoms. The van der Waals surface area contributed by atoms with Gasteiger partial charge < -0.3 is 9.67 Å². The van der Waals surface area contributed by atoms with E-state index in [2.05, 4.69) is 65.8 Å². The third kappa shape index (κ3) is 4.01. The van der Waals surface area contributed by atoms with Crippen LogP contribution in [0.3, 0.4) is 0 Å². The molecule has 1 aliphatic rings. The van der Waals surface area contributed by atoms with Crippen molar-refractivity contribution in [1.82, 2.24) is 9.47 Å². The van der Waals surface area contributed by atoms with Gasteiger partial charge in [0.05, 0.1) is 17.7 Å². The number of fused-ring (bicyclic) bond motifs is 4. The molecule has 6 nitrogen and oxygen atoms in total. The molecule has 1 N–H and O–H groups in total. The van der Waals surface area contributed by atoms with Gasteiger partial charge in [-0.3, -0.25) is 14.5 Å². The average molecular weight is 497 g/mol. The fourth-order valence-corrected chi connectivity index (χ4v) is 5.17. The lowest BCUT2D eigenvalue weighted by Crippen LogP contribution is -2.47. The maximum atomic E-state index is 13.2. The number of carbonyl (C=O) groups excluding carboxylic acids is 2. The molecule has 0 fully saturated rings. The first-order valence-corrected chi connectivity index (χ1v) is 12.6. The fourth-order valence-electron chi connectivity index (χ4n) is 5.17. The Hall–Kier alpha value is -3.93. The molecule has 1 aromatic heterocycles. The summed E-state index contributed by atoms with van der Waals surface area (Å²) in [6.07, 6.45) is 0. The summed E-state index contributed by atoms with van der Waals surface area (Å²) in [7, 11) is 0. The van der Waals surface area contributed by atoms with Crippen LogP contribution in [0.5, 0.6) is 0 Å². The van der Waals surface area contributed by atoms with Crippen LogP contribution in [0.2, 0.25) is 0 Å². The van der Waals surface area contributed by atoms with Crippen molar-refractivity contribution in [2.24, 2.45) is 0 Å². The molecule has 6 heteroatoms. The molecule has 4 aromatic rings. The maximum Gasteiger partial charge on any atom is 0.328 e. The Bertz CT molecular complexity index is 1490. The molecule has 0 unspecified atom stereocenters. The van der Waals surface area contributed by atoms with E-state index >= 15 is 0 Å². The summed E-state index contributed by atoms with van der Waals surface area (Å²) < 4.78 is 1.94. The van der Waals surface area contributed by atoms with Gasteiger partial charge in [-0.1, -0.05) is 65.8 Å². The van der Waals surface area contributed by atoms with Crippen molar-refractivity contribution in [3.05, 3.63) is 82.9 Å². The largest absolute Gasteiger partial charge is 0.480 e. The number of benzene rings is 3. The van der Waals surface area contributed by atoms with E-state index in [-0.39, 0.29) is 28.5 Å². The summed E-state index contributed by atoms with van der Waals surface area (Å²) in [6, 6.07) is 17.7. The molecule has 2 heterocycles. The predicted molar refractivity (Wildman–Crippen MR) is 145 cm³/mol. The molecule has 5 rings (SSSR count). The second kappa shape index (κ2) is 8.30. The number of rotatable bonds is 4. The van der Waals surface area contributed by atoms with Crippen molar-refractivity contribution >= 4 is 39.6 Å². The normalized spacial score (nSPS) is 15.0. The third-order valence-corrected chi connectivity index (χ3v) is 7.37. The van der Waals surface area contributed by atoms with Crippen molar-refractivity contribution in [3.63, 3.8) is 0 Å². The smallest absolute Gasteiger partial charge is 0.328 e. The number of aromatic nitrogens is 1. The van der Waals surface area contributed by atoms with Crippen LogP contribution in [0.1, 0.15) is 73.4 Å². The molecule has 0 aliphatic carbocycles. The van der Waals surface area contributed by atoms with Crippen LogP contribution < -0.4 is 0 Å². The van der Waals surface area contributed by atoms with Crippen LogP contribution in [0.25, 0.3) is 21.8 Å². The number of carboxylic acids is 1. The number of carbonyl (C=O) groups is 3. The quantitative estimate of drug-likeness (QED) is 0.344. The first-order valence-electron chi connectivity index (χ1n) is 12.6. The van der Waals surface area contributed by atoms with E-state index in [4.69, 9.17) is 0 Å². The van der Waals surface area contributed by atoms with Gasteiger partial charge >= 0.3 is 5.97 Å². The zero-order valence-electron chi connectivity index (χ0n) is 22.1. The fraction of sp³-hybridized carbons (Fsp3) is 0.323. The predicted octanol–water partition coefficient (Wildman–Crippen LogP) is 6.14. The number of nitrogens with zero attached hydrogens (tertiary/aromatic N) is 2. The maximum absolute atomic E-state index is 13.2. The second-order valence-corrected chi connectivity index (χ2v) is 12.0. The van der Waals surface area contributed by atoms with Crippen LogP contribution in [-0.4, -0.2) is 38.4 Å². The van der Waals surface area contributed by atoms with E-state index in [1.54, 1.807) is 24.3 Å². The third-order valence-electron chi connectivity index (χ3n) is 7.37. The summed E-state index contributed by atoms with van der Waals surface area (Å²) in [5.74, 6) is -2.36. The molecule has 0 radical (unpaired) electrons. The Kier molecular flexibility index (Phi) is 5.55. The van der Waals surface area contributed by atoms with Gasteiger partial charge in [-0.05, 0) is 58.4 Å². The molecule has 0 bridgehead atoms. The van der Waals surface area contributed by atoms with Crippen molar-refractivity contribution in [3.8, 4) is 0 Å². The Balaban J connectivity index is 1.70. The van der Waals surface area contributed by atoms with E-state index in [0.717, 1.165) is 26.7 Å². The van der Waals surface area contributed by atoms with E-state index in [1.807, 2.05) is 16.7 Å². The summed E-state index contributed by atoms with van der Waals surface area (Å²) in [4.78, 5) is 39.7. The molecular weight excluding hydrogens is 464 g/mol. The van der Waals surface area contributed by atoms with Crippen molar-refractivity contribution in [1.29, 1.82) is 0 Å². The Morgan fingerprint density at radius 2 is 1.19 bits per heavy atom. The van der Waals surface area contributed by atoms with Crippen LogP contribution >= 0.6 is 0 Å². The van der Waals surface area contributed by atoms with Gasteiger partial charge in [0.25, 0.3) is 11.8 Å². The number of imide groups is 1. The van der Waals surface area contributed by atoms with Crippen LogP contribution in [0.4, 0.5) is 0 Å². The van der Waals surface area contributed by atoms with Gasteiger partial charge in [0, 0.05) is 21.8 Å². The summed E-state index contributed by atoms with van der Waals surface area (Å²) in [5, 5.41) is 12.3. The number of amides is 2. The van der Waals surface area contributed by atoms with Gasteiger partial charge in [-0.15, -0.1) is 0 Å². The monoisotopic (exact) mass is 496 g/mol. The minimum atomic E-state index is -1.35. The number of aliphatic carboxylic acids is 1. The van der Waals surface area contributed by atoms with Gasteiger partial charge in [0.2, 0.25) is 0 Å². The SMILES string of the molecule is CC(C)(C)c1ccc2c(c1)c1cc(C(C)(C)C)ccc1n2C[C@H](C(=O)O)N1C(=O)c2ccccc2C1=O. The van der Waals surface area contributed by atoms with Crippen molar-refractivity contribution in [2.45, 2.75) is 65.0 Å². The topological polar surface area (TPSA) is 79.6 Å². The van der Waals surface area contributed by atoms with E-state index in [1.165, 1.54) is 11.1 Å².